The number of nitro groups is 1. The molecule has 2 heterocycles. The van der Waals surface area contributed by atoms with Gasteiger partial charge in [0.1, 0.15) is 11.6 Å². The van der Waals surface area contributed by atoms with Crippen LogP contribution >= 0.6 is 22.9 Å². The van der Waals surface area contributed by atoms with Crippen LogP contribution in [0.25, 0.3) is 10.6 Å². The van der Waals surface area contributed by atoms with Crippen LogP contribution in [0.2, 0.25) is 5.02 Å². The molecule has 2 aromatic carbocycles. The van der Waals surface area contributed by atoms with Crippen molar-refractivity contribution in [2.45, 2.75) is 6.61 Å². The monoisotopic (exact) mass is 390 g/mol. The molecule has 1 aliphatic heterocycles. The van der Waals surface area contributed by atoms with E-state index >= 15 is 0 Å². The Kier molecular flexibility index (Phi) is 4.36. The van der Waals surface area contributed by atoms with Crippen LogP contribution in [0.5, 0.6) is 17.2 Å². The second-order valence-electron chi connectivity index (χ2n) is 5.37. The van der Waals surface area contributed by atoms with Crippen LogP contribution in [0, 0.1) is 10.1 Å². The maximum absolute atomic E-state index is 11.1. The van der Waals surface area contributed by atoms with Crippen molar-refractivity contribution in [2.75, 3.05) is 6.79 Å². The van der Waals surface area contributed by atoms with Gasteiger partial charge in [-0.3, -0.25) is 10.1 Å². The molecule has 132 valence electrons. The van der Waals surface area contributed by atoms with Crippen LogP contribution in [0.15, 0.2) is 41.8 Å². The molecule has 0 fully saturated rings. The summed E-state index contributed by atoms with van der Waals surface area (Å²) in [5.74, 6) is 1.55. The summed E-state index contributed by atoms with van der Waals surface area (Å²) >= 11 is 7.25. The molecule has 0 amide bonds. The minimum Gasteiger partial charge on any atom is -0.480 e. The van der Waals surface area contributed by atoms with Crippen molar-refractivity contribution in [2.24, 2.45) is 0 Å². The molecule has 4 rings (SSSR count). The van der Waals surface area contributed by atoms with Crippen LogP contribution in [0.3, 0.4) is 0 Å². The molecule has 9 heteroatoms. The predicted octanol–water partition coefficient (Wildman–Crippen LogP) is 4.68. The van der Waals surface area contributed by atoms with Crippen molar-refractivity contribution >= 4 is 28.6 Å². The Morgan fingerprint density at radius 2 is 2.08 bits per heavy atom. The van der Waals surface area contributed by atoms with E-state index in [1.807, 2.05) is 23.6 Å². The Balaban J connectivity index is 1.50. The Morgan fingerprint density at radius 3 is 2.92 bits per heavy atom. The number of ether oxygens (including phenoxy) is 3. The van der Waals surface area contributed by atoms with Gasteiger partial charge in [0.2, 0.25) is 6.79 Å². The molecular weight excluding hydrogens is 380 g/mol. The lowest BCUT2D eigenvalue weighted by Crippen LogP contribution is -1.99. The Morgan fingerprint density at radius 1 is 1.23 bits per heavy atom. The van der Waals surface area contributed by atoms with Gasteiger partial charge in [0, 0.05) is 22.0 Å². The second kappa shape index (κ2) is 6.81. The molecule has 7 nitrogen and oxygen atoms in total. The summed E-state index contributed by atoms with van der Waals surface area (Å²) in [7, 11) is 0. The maximum atomic E-state index is 11.1. The summed E-state index contributed by atoms with van der Waals surface area (Å²) in [6.45, 7) is 0.332. The maximum Gasteiger partial charge on any atom is 0.312 e. The molecule has 0 atom stereocenters. The summed E-state index contributed by atoms with van der Waals surface area (Å²) in [6.07, 6.45) is 0. The minimum atomic E-state index is -0.527. The highest BCUT2D eigenvalue weighted by Gasteiger charge is 2.17. The molecule has 0 spiro atoms. The van der Waals surface area contributed by atoms with Crippen molar-refractivity contribution in [1.82, 2.24) is 4.98 Å². The number of aromatic nitrogens is 1. The van der Waals surface area contributed by atoms with Crippen molar-refractivity contribution in [1.29, 1.82) is 0 Å². The number of nitro benzene ring substituents is 1. The summed E-state index contributed by atoms with van der Waals surface area (Å²) < 4.78 is 16.2. The number of fused-ring (bicyclic) bond motifs is 1. The third-order valence-electron chi connectivity index (χ3n) is 3.66. The van der Waals surface area contributed by atoms with Gasteiger partial charge in [0.05, 0.1) is 10.6 Å². The van der Waals surface area contributed by atoms with Crippen LogP contribution in [0.1, 0.15) is 5.69 Å². The van der Waals surface area contributed by atoms with Gasteiger partial charge in [-0.25, -0.2) is 4.98 Å². The molecule has 0 saturated heterocycles. The lowest BCUT2D eigenvalue weighted by atomic mass is 10.2. The third kappa shape index (κ3) is 3.29. The number of nitrogens with zero attached hydrogens (tertiary/aromatic N) is 2. The number of halogens is 1. The fourth-order valence-corrected chi connectivity index (χ4v) is 3.41. The molecule has 0 saturated carbocycles. The fourth-order valence-electron chi connectivity index (χ4n) is 2.44. The van der Waals surface area contributed by atoms with Crippen LogP contribution in [0.4, 0.5) is 5.69 Å². The van der Waals surface area contributed by atoms with E-state index in [1.54, 1.807) is 6.07 Å². The van der Waals surface area contributed by atoms with E-state index in [-0.39, 0.29) is 29.9 Å². The number of hydrogen-bond acceptors (Lipinski definition) is 7. The topological polar surface area (TPSA) is 83.7 Å². The Hall–Kier alpha value is -2.84. The summed E-state index contributed by atoms with van der Waals surface area (Å²) in [5.41, 5.74) is 1.40. The van der Waals surface area contributed by atoms with E-state index in [9.17, 15) is 10.1 Å². The number of hydrogen-bond donors (Lipinski definition) is 0. The van der Waals surface area contributed by atoms with Gasteiger partial charge in [0.25, 0.3) is 0 Å². The summed E-state index contributed by atoms with van der Waals surface area (Å²) in [6, 6.07) is 9.90. The average molecular weight is 391 g/mol. The number of benzene rings is 2. The van der Waals surface area contributed by atoms with E-state index in [2.05, 4.69) is 4.98 Å². The van der Waals surface area contributed by atoms with Crippen molar-refractivity contribution < 1.29 is 19.1 Å². The fraction of sp³-hybridized carbons (Fsp3) is 0.118. The zero-order chi connectivity index (χ0) is 18.1. The van der Waals surface area contributed by atoms with Gasteiger partial charge in [-0.05, 0) is 30.3 Å². The molecule has 0 unspecified atom stereocenters. The number of rotatable bonds is 5. The predicted molar refractivity (Wildman–Crippen MR) is 96.1 cm³/mol. The third-order valence-corrected chi connectivity index (χ3v) is 4.84. The highest BCUT2D eigenvalue weighted by Crippen LogP contribution is 2.37. The first-order valence-electron chi connectivity index (χ1n) is 7.51. The number of thiazole rings is 1. The van der Waals surface area contributed by atoms with Gasteiger partial charge in [-0.2, -0.15) is 0 Å². The largest absolute Gasteiger partial charge is 0.480 e. The van der Waals surface area contributed by atoms with E-state index in [1.165, 1.54) is 23.5 Å². The summed E-state index contributed by atoms with van der Waals surface area (Å²) in [5, 5.41) is 14.0. The van der Waals surface area contributed by atoms with E-state index in [0.717, 1.165) is 10.6 Å². The second-order valence-corrected chi connectivity index (χ2v) is 6.66. The zero-order valence-electron chi connectivity index (χ0n) is 13.2. The first-order valence-corrected chi connectivity index (χ1v) is 8.77. The van der Waals surface area contributed by atoms with E-state index < -0.39 is 4.92 Å². The minimum absolute atomic E-state index is 0.115. The molecule has 0 aliphatic carbocycles. The van der Waals surface area contributed by atoms with Crippen molar-refractivity contribution in [3.63, 3.8) is 0 Å². The SMILES string of the molecule is O=[N+]([O-])c1cc(Cl)ccc1OCc1csc(-c2ccc3c(c2)OCO3)n1. The molecule has 3 aromatic rings. The lowest BCUT2D eigenvalue weighted by Gasteiger charge is -2.05. The van der Waals surface area contributed by atoms with Crippen LogP contribution in [-0.4, -0.2) is 16.7 Å². The highest BCUT2D eigenvalue weighted by atomic mass is 35.5. The molecule has 0 bridgehead atoms. The van der Waals surface area contributed by atoms with Gasteiger partial charge >= 0.3 is 5.69 Å². The van der Waals surface area contributed by atoms with E-state index in [0.29, 0.717) is 17.2 Å². The molecule has 0 radical (unpaired) electrons. The smallest absolute Gasteiger partial charge is 0.312 e. The van der Waals surface area contributed by atoms with Crippen molar-refractivity contribution in [3.8, 4) is 27.8 Å². The molecule has 0 N–H and O–H groups in total. The van der Waals surface area contributed by atoms with Crippen molar-refractivity contribution in [3.05, 3.63) is 62.6 Å². The normalized spacial score (nSPS) is 12.2. The highest BCUT2D eigenvalue weighted by molar-refractivity contribution is 7.13. The lowest BCUT2D eigenvalue weighted by molar-refractivity contribution is -0.385. The average Bonchev–Trinajstić information content (AvgIpc) is 3.29. The van der Waals surface area contributed by atoms with Gasteiger partial charge in [0.15, 0.2) is 17.2 Å². The quantitative estimate of drug-likeness (QED) is 0.464. The van der Waals surface area contributed by atoms with Gasteiger partial charge in [-0.1, -0.05) is 11.6 Å². The van der Waals surface area contributed by atoms with Crippen LogP contribution in [-0.2, 0) is 6.61 Å². The standard InChI is InChI=1S/C17H11ClN2O5S/c18-11-2-4-14(13(6-11)20(21)22)23-7-12-8-26-17(19-12)10-1-3-15-16(5-10)25-9-24-15/h1-6,8H,7,9H2. The molecule has 26 heavy (non-hydrogen) atoms. The van der Waals surface area contributed by atoms with Crippen LogP contribution < -0.4 is 14.2 Å². The first-order chi connectivity index (χ1) is 12.6. The zero-order valence-corrected chi connectivity index (χ0v) is 14.7. The van der Waals surface area contributed by atoms with Gasteiger partial charge < -0.3 is 14.2 Å². The van der Waals surface area contributed by atoms with E-state index in [4.69, 9.17) is 25.8 Å². The Labute approximate surface area is 156 Å². The Bertz CT molecular complexity index is 991. The first kappa shape index (κ1) is 16.6. The molecule has 1 aliphatic rings. The molecular formula is C17H11ClN2O5S. The van der Waals surface area contributed by atoms with Gasteiger partial charge in [-0.15, -0.1) is 11.3 Å². The summed E-state index contributed by atoms with van der Waals surface area (Å²) in [4.78, 5) is 15.1. The molecule has 1 aromatic heterocycles.